The van der Waals surface area contributed by atoms with Crippen LogP contribution >= 0.6 is 23.4 Å². The summed E-state index contributed by atoms with van der Waals surface area (Å²) >= 11 is 7.20. The first-order valence-electron chi connectivity index (χ1n) is 11.0. The van der Waals surface area contributed by atoms with E-state index in [1.54, 1.807) is 54.6 Å². The molecule has 0 atom stereocenters. The van der Waals surface area contributed by atoms with E-state index < -0.39 is 10.0 Å². The molecule has 0 aliphatic rings. The number of para-hydroxylation sites is 1. The topological polar surface area (TPSA) is 137 Å². The Kier molecular flexibility index (Phi) is 8.39. The van der Waals surface area contributed by atoms with Crippen LogP contribution in [0.2, 0.25) is 5.02 Å². The van der Waals surface area contributed by atoms with Crippen molar-refractivity contribution in [3.8, 4) is 0 Å². The van der Waals surface area contributed by atoms with E-state index in [1.165, 1.54) is 22.9 Å². The van der Waals surface area contributed by atoms with Gasteiger partial charge in [0.05, 0.1) is 27.8 Å². The van der Waals surface area contributed by atoms with Gasteiger partial charge in [-0.25, -0.2) is 24.0 Å². The molecule has 9 nitrogen and oxygen atoms in total. The first kappa shape index (κ1) is 26.6. The van der Waals surface area contributed by atoms with Gasteiger partial charge in [-0.05, 0) is 42.3 Å². The number of nitrogens with two attached hydrogens (primary N) is 1. The van der Waals surface area contributed by atoms with E-state index in [-0.39, 0.29) is 28.7 Å². The zero-order valence-electron chi connectivity index (χ0n) is 19.4. The second-order valence-electron chi connectivity index (χ2n) is 7.91. The van der Waals surface area contributed by atoms with Crippen LogP contribution in [0, 0.1) is 0 Å². The molecule has 0 unspecified atom stereocenters. The lowest BCUT2D eigenvalue weighted by molar-refractivity contribution is -0.118. The van der Waals surface area contributed by atoms with Crippen LogP contribution in [0.5, 0.6) is 0 Å². The number of sulfonamides is 1. The van der Waals surface area contributed by atoms with Gasteiger partial charge in [0.25, 0.3) is 11.5 Å². The van der Waals surface area contributed by atoms with Crippen molar-refractivity contribution in [1.82, 2.24) is 15.0 Å². The van der Waals surface area contributed by atoms with E-state index in [4.69, 9.17) is 16.7 Å². The average Bonchev–Trinajstić information content (AvgIpc) is 2.88. The molecule has 3 aromatic carbocycles. The number of aryl methyl sites for hydroxylation is 1. The highest BCUT2D eigenvalue weighted by molar-refractivity contribution is 7.99. The average molecular weight is 556 g/mol. The lowest BCUT2D eigenvalue weighted by atomic mass is 10.1. The van der Waals surface area contributed by atoms with Gasteiger partial charge < -0.3 is 0 Å². The molecule has 0 saturated carbocycles. The van der Waals surface area contributed by atoms with Gasteiger partial charge in [-0.15, -0.1) is 0 Å². The minimum absolute atomic E-state index is 0.0141. The van der Waals surface area contributed by atoms with Gasteiger partial charge in [-0.3, -0.25) is 14.2 Å². The van der Waals surface area contributed by atoms with E-state index in [9.17, 15) is 18.0 Å². The molecule has 190 valence electrons. The second kappa shape index (κ2) is 11.7. The van der Waals surface area contributed by atoms with Crippen LogP contribution in [0.1, 0.15) is 11.1 Å². The standard InChI is InChI=1S/C25H22ClN5O4S2/c26-21-7-3-1-5-18(21)15-28-30-23(32)16-36-25-29-22-8-4-2-6-20(22)24(33)31(25)14-13-17-9-11-19(12-10-17)37(27,34)35/h1-12,15H,13-14,16H2,(H,30,32)(H2,27,34,35)/b28-15+. The number of fused-ring (bicyclic) bond motifs is 1. The summed E-state index contributed by atoms with van der Waals surface area (Å²) in [5, 5.41) is 10.5. The Balaban J connectivity index is 1.50. The monoisotopic (exact) mass is 555 g/mol. The molecule has 4 aromatic rings. The van der Waals surface area contributed by atoms with Crippen molar-refractivity contribution in [2.45, 2.75) is 23.0 Å². The summed E-state index contributed by atoms with van der Waals surface area (Å²) in [5.74, 6) is -0.394. The number of nitrogens with zero attached hydrogens (tertiary/aromatic N) is 3. The van der Waals surface area contributed by atoms with Crippen molar-refractivity contribution in [2.24, 2.45) is 10.2 Å². The number of thioether (sulfide) groups is 1. The quantitative estimate of drug-likeness (QED) is 0.141. The number of hydrogen-bond acceptors (Lipinski definition) is 7. The SMILES string of the molecule is NS(=O)(=O)c1ccc(CCn2c(SCC(=O)N/N=C/c3ccccc3Cl)nc3ccccc3c2=O)cc1. The third kappa shape index (κ3) is 6.83. The molecule has 12 heteroatoms. The molecular weight excluding hydrogens is 534 g/mol. The predicted octanol–water partition coefficient (Wildman–Crippen LogP) is 3.18. The molecule has 37 heavy (non-hydrogen) atoms. The van der Waals surface area contributed by atoms with Crippen LogP contribution in [0.25, 0.3) is 10.9 Å². The highest BCUT2D eigenvalue weighted by atomic mass is 35.5. The minimum Gasteiger partial charge on any atom is -0.287 e. The molecule has 1 aromatic heterocycles. The van der Waals surface area contributed by atoms with Crippen molar-refractivity contribution in [2.75, 3.05) is 5.75 Å². The largest absolute Gasteiger partial charge is 0.287 e. The molecule has 0 fully saturated rings. The molecule has 4 rings (SSSR count). The lowest BCUT2D eigenvalue weighted by Crippen LogP contribution is -2.26. The van der Waals surface area contributed by atoms with E-state index in [0.717, 1.165) is 17.3 Å². The fraction of sp³-hybridized carbons (Fsp3) is 0.120. The number of nitrogens with one attached hydrogen (secondary N) is 1. The fourth-order valence-electron chi connectivity index (χ4n) is 3.46. The number of benzene rings is 3. The van der Waals surface area contributed by atoms with E-state index in [1.807, 2.05) is 6.07 Å². The fourth-order valence-corrected chi connectivity index (χ4v) is 4.98. The molecule has 0 spiro atoms. The predicted molar refractivity (Wildman–Crippen MR) is 145 cm³/mol. The maximum absolute atomic E-state index is 13.2. The van der Waals surface area contributed by atoms with E-state index in [2.05, 4.69) is 15.5 Å². The third-order valence-corrected chi connectivity index (χ3v) is 7.58. The molecular formula is C25H22ClN5O4S2. The van der Waals surface area contributed by atoms with Gasteiger partial charge in [-0.1, -0.05) is 65.8 Å². The maximum atomic E-state index is 13.2. The summed E-state index contributed by atoms with van der Waals surface area (Å²) in [6, 6.07) is 20.2. The van der Waals surface area contributed by atoms with Crippen molar-refractivity contribution in [3.05, 3.63) is 99.3 Å². The Labute approximate surface area is 222 Å². The van der Waals surface area contributed by atoms with Gasteiger partial charge in [0.15, 0.2) is 5.16 Å². The number of carbonyl (C=O) groups is 1. The van der Waals surface area contributed by atoms with Crippen LogP contribution < -0.4 is 16.1 Å². The van der Waals surface area contributed by atoms with Gasteiger partial charge in [-0.2, -0.15) is 5.10 Å². The lowest BCUT2D eigenvalue weighted by Gasteiger charge is -2.13. The number of hydrazone groups is 1. The van der Waals surface area contributed by atoms with E-state index >= 15 is 0 Å². The molecule has 0 bridgehead atoms. The second-order valence-corrected chi connectivity index (χ2v) is 10.8. The summed E-state index contributed by atoms with van der Waals surface area (Å²) in [7, 11) is -3.79. The molecule has 0 saturated heterocycles. The highest BCUT2D eigenvalue weighted by Gasteiger charge is 2.14. The van der Waals surface area contributed by atoms with Gasteiger partial charge in [0.1, 0.15) is 0 Å². The first-order chi connectivity index (χ1) is 17.7. The van der Waals surface area contributed by atoms with Crippen LogP contribution in [0.3, 0.4) is 0 Å². The smallest absolute Gasteiger partial charge is 0.262 e. The summed E-state index contributed by atoms with van der Waals surface area (Å²) in [4.78, 5) is 30.2. The van der Waals surface area contributed by atoms with Crippen molar-refractivity contribution in [1.29, 1.82) is 0 Å². The number of rotatable bonds is 9. The van der Waals surface area contributed by atoms with Crippen LogP contribution in [0.15, 0.2) is 92.7 Å². The third-order valence-electron chi connectivity index (χ3n) is 5.33. The molecule has 3 N–H and O–H groups in total. The molecule has 0 radical (unpaired) electrons. The Hall–Kier alpha value is -3.51. The van der Waals surface area contributed by atoms with E-state index in [0.29, 0.717) is 33.1 Å². The normalized spacial score (nSPS) is 11.7. The summed E-state index contributed by atoms with van der Waals surface area (Å²) in [5.41, 5.74) is 4.23. The number of amides is 1. The number of carbonyl (C=O) groups excluding carboxylic acids is 1. The Morgan fingerprint density at radius 1 is 1.08 bits per heavy atom. The van der Waals surface area contributed by atoms with Gasteiger partial charge in [0, 0.05) is 17.1 Å². The van der Waals surface area contributed by atoms with Crippen LogP contribution in [-0.2, 0) is 27.8 Å². The molecule has 1 amide bonds. The number of hydrogen-bond donors (Lipinski definition) is 2. The number of halogens is 1. The summed E-state index contributed by atoms with van der Waals surface area (Å²) < 4.78 is 24.5. The van der Waals surface area contributed by atoms with Gasteiger partial charge >= 0.3 is 0 Å². The minimum atomic E-state index is -3.79. The summed E-state index contributed by atoms with van der Waals surface area (Å²) in [6.45, 7) is 0.278. The van der Waals surface area contributed by atoms with Crippen LogP contribution in [-0.4, -0.2) is 35.8 Å². The highest BCUT2D eigenvalue weighted by Crippen LogP contribution is 2.19. The summed E-state index contributed by atoms with van der Waals surface area (Å²) in [6.07, 6.45) is 1.89. The van der Waals surface area contributed by atoms with Crippen molar-refractivity contribution >= 4 is 56.4 Å². The molecule has 1 heterocycles. The van der Waals surface area contributed by atoms with Crippen molar-refractivity contribution in [3.63, 3.8) is 0 Å². The molecule has 0 aliphatic heterocycles. The Morgan fingerprint density at radius 3 is 2.51 bits per heavy atom. The first-order valence-corrected chi connectivity index (χ1v) is 13.9. The number of primary sulfonamides is 1. The Morgan fingerprint density at radius 2 is 1.78 bits per heavy atom. The van der Waals surface area contributed by atoms with Crippen LogP contribution in [0.4, 0.5) is 0 Å². The maximum Gasteiger partial charge on any atom is 0.262 e. The van der Waals surface area contributed by atoms with Gasteiger partial charge in [0.2, 0.25) is 10.0 Å². The molecule has 0 aliphatic carbocycles. The Bertz CT molecular complexity index is 1640. The zero-order chi connectivity index (χ0) is 26.4. The number of aromatic nitrogens is 2. The van der Waals surface area contributed by atoms with Crippen molar-refractivity contribution < 1.29 is 13.2 Å². The zero-order valence-corrected chi connectivity index (χ0v) is 21.8.